The van der Waals surface area contributed by atoms with E-state index in [0.29, 0.717) is 35.8 Å². The second-order valence-corrected chi connectivity index (χ2v) is 15.4. The van der Waals surface area contributed by atoms with Gasteiger partial charge < -0.3 is 9.64 Å². The van der Waals surface area contributed by atoms with Crippen molar-refractivity contribution in [2.75, 3.05) is 24.6 Å². The molecule has 7 atom stereocenters. The number of aryl methyl sites for hydroxylation is 1. The number of carbonyl (C=O) groups is 1. The van der Waals surface area contributed by atoms with Crippen LogP contribution in [0.25, 0.3) is 0 Å². The lowest BCUT2D eigenvalue weighted by Crippen LogP contribution is -2.44. The summed E-state index contributed by atoms with van der Waals surface area (Å²) in [6, 6.07) is 12.0. The fraction of sp³-hybridized carbons (Fsp3) is 0.629. The van der Waals surface area contributed by atoms with E-state index in [0.717, 1.165) is 55.2 Å². The first-order valence-corrected chi connectivity index (χ1v) is 17.8. The second kappa shape index (κ2) is 13.7. The van der Waals surface area contributed by atoms with Crippen LogP contribution in [0, 0.1) is 29.6 Å². The third-order valence-electron chi connectivity index (χ3n) is 10.4. The molecule has 1 fully saturated rings. The molecule has 0 saturated heterocycles. The van der Waals surface area contributed by atoms with Crippen LogP contribution in [0.5, 0.6) is 5.75 Å². The van der Waals surface area contributed by atoms with Gasteiger partial charge >= 0.3 is 0 Å². The van der Waals surface area contributed by atoms with Gasteiger partial charge in [0.15, 0.2) is 0 Å². The van der Waals surface area contributed by atoms with Gasteiger partial charge in [0.1, 0.15) is 16.7 Å². The number of rotatable bonds is 4. The Balaban J connectivity index is 1.53. The number of nitrogens with zero attached hydrogens (tertiary/aromatic N) is 1. The fourth-order valence-corrected chi connectivity index (χ4v) is 8.77. The first-order valence-electron chi connectivity index (χ1n) is 16.2. The SMILES string of the molecule is CCCc1cc(Cl)ccc1C1COc2ccc3cc2N(C1)CC1CCC1C(C(C)C)CCCC(C)C(C)S(=O)NC3=O. The molecule has 0 spiro atoms. The molecule has 2 heterocycles. The number of anilines is 1. The summed E-state index contributed by atoms with van der Waals surface area (Å²) in [6.07, 6.45) is 7.98. The molecule has 0 aromatic heterocycles. The van der Waals surface area contributed by atoms with Crippen molar-refractivity contribution in [3.8, 4) is 5.75 Å². The van der Waals surface area contributed by atoms with Crippen molar-refractivity contribution in [2.24, 2.45) is 29.6 Å². The molecule has 1 amide bonds. The molecule has 3 aliphatic rings. The number of fused-ring (bicyclic) bond motifs is 2. The molecule has 2 aromatic rings. The largest absolute Gasteiger partial charge is 0.491 e. The van der Waals surface area contributed by atoms with Crippen molar-refractivity contribution >= 4 is 34.2 Å². The average molecular weight is 613 g/mol. The average Bonchev–Trinajstić information content (AvgIpc) is 3.12. The van der Waals surface area contributed by atoms with E-state index >= 15 is 0 Å². The molecule has 0 radical (unpaired) electrons. The maximum Gasteiger partial charge on any atom is 0.263 e. The van der Waals surface area contributed by atoms with Crippen LogP contribution in [-0.2, 0) is 17.4 Å². The molecule has 1 aliphatic carbocycles. The normalized spacial score (nSPS) is 30.5. The van der Waals surface area contributed by atoms with E-state index in [2.05, 4.69) is 49.4 Å². The zero-order valence-electron chi connectivity index (χ0n) is 26.0. The van der Waals surface area contributed by atoms with Crippen molar-refractivity contribution < 1.29 is 13.7 Å². The van der Waals surface area contributed by atoms with E-state index in [1.807, 2.05) is 31.2 Å². The van der Waals surface area contributed by atoms with Gasteiger partial charge in [0.25, 0.3) is 5.91 Å². The zero-order valence-corrected chi connectivity index (χ0v) is 27.6. The van der Waals surface area contributed by atoms with Gasteiger partial charge in [-0.05, 0) is 110 Å². The van der Waals surface area contributed by atoms with Crippen LogP contribution < -0.4 is 14.4 Å². The summed E-state index contributed by atoms with van der Waals surface area (Å²) in [4.78, 5) is 15.8. The molecule has 42 heavy (non-hydrogen) atoms. The van der Waals surface area contributed by atoms with Gasteiger partial charge in [-0.25, -0.2) is 4.21 Å². The van der Waals surface area contributed by atoms with Crippen LogP contribution in [0.15, 0.2) is 36.4 Å². The highest BCUT2D eigenvalue weighted by Crippen LogP contribution is 2.47. The Labute approximate surface area is 260 Å². The van der Waals surface area contributed by atoms with E-state index in [1.165, 1.54) is 30.4 Å². The van der Waals surface area contributed by atoms with E-state index in [-0.39, 0.29) is 23.0 Å². The first-order chi connectivity index (χ1) is 20.2. The van der Waals surface area contributed by atoms with Gasteiger partial charge in [-0.3, -0.25) is 9.52 Å². The highest BCUT2D eigenvalue weighted by atomic mass is 35.5. The number of hydrogen-bond acceptors (Lipinski definition) is 4. The van der Waals surface area contributed by atoms with Gasteiger partial charge in [0.2, 0.25) is 0 Å². The Hall–Kier alpha value is -2.05. The summed E-state index contributed by atoms with van der Waals surface area (Å²) in [6.45, 7) is 13.5. The smallest absolute Gasteiger partial charge is 0.263 e. The molecule has 7 heteroatoms. The number of amides is 1. The topological polar surface area (TPSA) is 58.6 Å². The summed E-state index contributed by atoms with van der Waals surface area (Å²) in [5.41, 5.74) is 4.11. The molecule has 1 saturated carbocycles. The van der Waals surface area contributed by atoms with Crippen molar-refractivity contribution in [3.63, 3.8) is 0 Å². The lowest BCUT2D eigenvalue weighted by Gasteiger charge is -2.46. The standard InChI is InChI=1S/C35H49ClN2O3S/c1-6-8-25-17-29(36)13-15-31(25)28-20-38-19-27-11-14-32(27)30(22(2)3)10-7-9-23(4)24(5)42(40)37-35(39)26-12-16-34(41-21-28)33(38)18-26/h12-13,15-18,22-24,27-28,30,32H,6-11,14,19-21H2,1-5H3,(H,37,39). The molecule has 1 N–H and O–H groups in total. The van der Waals surface area contributed by atoms with Crippen LogP contribution in [0.4, 0.5) is 5.69 Å². The minimum Gasteiger partial charge on any atom is -0.491 e. The highest BCUT2D eigenvalue weighted by molar-refractivity contribution is 7.84. The van der Waals surface area contributed by atoms with Gasteiger partial charge in [-0.1, -0.05) is 58.2 Å². The minimum absolute atomic E-state index is 0.103. The van der Waals surface area contributed by atoms with E-state index in [1.54, 1.807) is 0 Å². The third-order valence-corrected chi connectivity index (χ3v) is 12.1. The van der Waals surface area contributed by atoms with Crippen molar-refractivity contribution in [1.29, 1.82) is 0 Å². The molecular weight excluding hydrogens is 564 g/mol. The number of nitrogens with one attached hydrogen (secondary N) is 1. The van der Waals surface area contributed by atoms with Crippen LogP contribution in [0.1, 0.15) is 101 Å². The Bertz CT molecular complexity index is 1280. The molecule has 2 aromatic carbocycles. The third kappa shape index (κ3) is 6.85. The minimum atomic E-state index is -1.44. The quantitative estimate of drug-likeness (QED) is 0.378. The van der Waals surface area contributed by atoms with Crippen molar-refractivity contribution in [3.05, 3.63) is 58.1 Å². The van der Waals surface area contributed by atoms with Crippen molar-refractivity contribution in [2.45, 2.75) is 90.7 Å². The van der Waals surface area contributed by atoms with Crippen LogP contribution >= 0.6 is 11.6 Å². The van der Waals surface area contributed by atoms with Gasteiger partial charge in [0.05, 0.1) is 17.5 Å². The highest BCUT2D eigenvalue weighted by Gasteiger charge is 2.40. The van der Waals surface area contributed by atoms with Gasteiger partial charge in [-0.2, -0.15) is 0 Å². The summed E-state index contributed by atoms with van der Waals surface area (Å²) in [5, 5.41) is 0.674. The monoisotopic (exact) mass is 612 g/mol. The lowest BCUT2D eigenvalue weighted by molar-refractivity contribution is 0.0712. The van der Waals surface area contributed by atoms with E-state index in [9.17, 15) is 9.00 Å². The number of hydrogen-bond donors (Lipinski definition) is 1. The van der Waals surface area contributed by atoms with E-state index in [4.69, 9.17) is 16.3 Å². The molecule has 2 aliphatic heterocycles. The molecular formula is C35H49ClN2O3S. The summed E-state index contributed by atoms with van der Waals surface area (Å²) in [5.74, 6) is 3.68. The van der Waals surface area contributed by atoms with Gasteiger partial charge in [0, 0.05) is 29.6 Å². The maximum absolute atomic E-state index is 13.3. The lowest BCUT2D eigenvalue weighted by atomic mass is 9.62. The van der Waals surface area contributed by atoms with Gasteiger partial charge in [-0.15, -0.1) is 0 Å². The number of ether oxygens (including phenoxy) is 1. The second-order valence-electron chi connectivity index (χ2n) is 13.4. The molecule has 2 bridgehead atoms. The Kier molecular flexibility index (Phi) is 10.2. The van der Waals surface area contributed by atoms with Crippen LogP contribution in [0.3, 0.4) is 0 Å². The van der Waals surface area contributed by atoms with Crippen LogP contribution in [0.2, 0.25) is 5.02 Å². The summed E-state index contributed by atoms with van der Waals surface area (Å²) in [7, 11) is -1.44. The summed E-state index contributed by atoms with van der Waals surface area (Å²) < 4.78 is 22.5. The molecule has 7 unspecified atom stereocenters. The Morgan fingerprint density at radius 2 is 1.88 bits per heavy atom. The number of carbonyl (C=O) groups excluding carboxylic acids is 1. The predicted octanol–water partition coefficient (Wildman–Crippen LogP) is 8.18. The summed E-state index contributed by atoms with van der Waals surface area (Å²) >= 11 is 6.43. The fourth-order valence-electron chi connectivity index (χ4n) is 7.53. The molecule has 230 valence electrons. The Morgan fingerprint density at radius 1 is 1.07 bits per heavy atom. The maximum atomic E-state index is 13.3. The van der Waals surface area contributed by atoms with Crippen LogP contribution in [-0.4, -0.2) is 35.1 Å². The first kappa shape index (κ1) is 31.4. The molecule has 5 rings (SSSR count). The number of benzene rings is 2. The Morgan fingerprint density at radius 3 is 2.60 bits per heavy atom. The zero-order chi connectivity index (χ0) is 30.0. The number of halogens is 1. The predicted molar refractivity (Wildman–Crippen MR) is 175 cm³/mol. The van der Waals surface area contributed by atoms with E-state index < -0.39 is 11.0 Å². The van der Waals surface area contributed by atoms with Crippen molar-refractivity contribution in [1.82, 2.24) is 4.72 Å². The molecule has 5 nitrogen and oxygen atoms in total.